The molecule has 0 unspecified atom stereocenters. The van der Waals surface area contributed by atoms with E-state index in [4.69, 9.17) is 18.8 Å². The second-order valence-electron chi connectivity index (χ2n) is 18.6. The summed E-state index contributed by atoms with van der Waals surface area (Å²) in [5.41, 5.74) is 20.7. The van der Waals surface area contributed by atoms with Crippen molar-refractivity contribution < 1.29 is 8.83 Å². The fraction of sp³-hybridized carbons (Fsp3) is 0.0462. The van der Waals surface area contributed by atoms with Gasteiger partial charge in [-0.1, -0.05) is 146 Å². The van der Waals surface area contributed by atoms with Gasteiger partial charge in [0.2, 0.25) is 11.8 Å². The standard InChI is InChI=1S/C65H44N4O2/c1-41-21-19-31-47(37-41)68(45-27-11-5-12-28-45)55-39-53-57(61-59(55)66-63(70-61)43-23-7-3-8-24-43)58-54(65(53)51-35-17-15-33-49(51)50-34-16-18-36-52(50)65)40-56(60-62(58)71-64(67-60)44-25-9-4-10-26-44)69(46-29-13-6-14-30-46)48-32-20-22-42(2)38-48/h3-40H,1-2H3. The summed E-state index contributed by atoms with van der Waals surface area (Å²) in [5.74, 6) is 1.07. The minimum atomic E-state index is -0.854. The van der Waals surface area contributed by atoms with Crippen LogP contribution < -0.4 is 9.80 Å². The van der Waals surface area contributed by atoms with Gasteiger partial charge in [0, 0.05) is 45.0 Å². The molecule has 2 aliphatic rings. The first-order valence-electron chi connectivity index (χ1n) is 24.1. The first kappa shape index (κ1) is 40.8. The summed E-state index contributed by atoms with van der Waals surface area (Å²) in [6.07, 6.45) is 0. The predicted octanol–water partition coefficient (Wildman–Crippen LogP) is 17.2. The van der Waals surface area contributed by atoms with E-state index in [2.05, 4.69) is 218 Å². The Kier molecular flexibility index (Phi) is 9.14. The summed E-state index contributed by atoms with van der Waals surface area (Å²) in [5, 5.41) is 0. The molecule has 2 aliphatic carbocycles. The highest BCUT2D eigenvalue weighted by Gasteiger charge is 2.55. The molecule has 10 aromatic carbocycles. The molecule has 2 heterocycles. The molecule has 0 fully saturated rings. The molecule has 71 heavy (non-hydrogen) atoms. The number of fused-ring (bicyclic) bond motifs is 14. The number of nitrogens with zero attached hydrogens (tertiary/aromatic N) is 4. The maximum Gasteiger partial charge on any atom is 0.227 e. The largest absolute Gasteiger partial charge is 0.435 e. The second kappa shape index (κ2) is 15.9. The maximum atomic E-state index is 7.38. The van der Waals surface area contributed by atoms with Crippen molar-refractivity contribution in [3.05, 3.63) is 264 Å². The zero-order chi connectivity index (χ0) is 47.2. The third kappa shape index (κ3) is 6.14. The first-order valence-corrected chi connectivity index (χ1v) is 24.1. The van der Waals surface area contributed by atoms with Crippen LogP contribution in [-0.2, 0) is 5.41 Å². The molecule has 6 heteroatoms. The van der Waals surface area contributed by atoms with Gasteiger partial charge < -0.3 is 18.6 Å². The second-order valence-corrected chi connectivity index (χ2v) is 18.6. The van der Waals surface area contributed by atoms with Crippen LogP contribution in [0.2, 0.25) is 0 Å². The lowest BCUT2D eigenvalue weighted by molar-refractivity contribution is 0.616. The number of hydrogen-bond donors (Lipinski definition) is 0. The third-order valence-electron chi connectivity index (χ3n) is 14.4. The summed E-state index contributed by atoms with van der Waals surface area (Å²) in [7, 11) is 0. The number of aryl methyl sites for hydroxylation is 2. The van der Waals surface area contributed by atoms with Crippen molar-refractivity contribution in [1.82, 2.24) is 9.97 Å². The van der Waals surface area contributed by atoms with Gasteiger partial charge in [0.25, 0.3) is 0 Å². The van der Waals surface area contributed by atoms with Crippen molar-refractivity contribution in [1.29, 1.82) is 0 Å². The molecule has 2 aromatic heterocycles. The van der Waals surface area contributed by atoms with Crippen LogP contribution in [0.15, 0.2) is 239 Å². The molecule has 336 valence electrons. The number of oxazole rings is 2. The smallest absolute Gasteiger partial charge is 0.227 e. The molecule has 6 nitrogen and oxygen atoms in total. The molecule has 14 rings (SSSR count). The van der Waals surface area contributed by atoms with Crippen LogP contribution in [0.1, 0.15) is 33.4 Å². The molecule has 12 aromatic rings. The number of rotatable bonds is 8. The number of hydrogen-bond acceptors (Lipinski definition) is 6. The minimum Gasteiger partial charge on any atom is -0.435 e. The number of aromatic nitrogens is 2. The van der Waals surface area contributed by atoms with E-state index in [1.165, 1.54) is 22.3 Å². The van der Waals surface area contributed by atoms with Crippen LogP contribution in [0.5, 0.6) is 0 Å². The number of benzene rings is 10. The van der Waals surface area contributed by atoms with E-state index in [1.54, 1.807) is 0 Å². The van der Waals surface area contributed by atoms with Gasteiger partial charge in [-0.15, -0.1) is 0 Å². The van der Waals surface area contributed by atoms with E-state index >= 15 is 0 Å². The maximum absolute atomic E-state index is 7.38. The highest BCUT2D eigenvalue weighted by Crippen LogP contribution is 2.67. The lowest BCUT2D eigenvalue weighted by atomic mass is 9.70. The lowest BCUT2D eigenvalue weighted by Crippen LogP contribution is -2.26. The van der Waals surface area contributed by atoms with Crippen LogP contribution in [-0.4, -0.2) is 9.97 Å². The van der Waals surface area contributed by atoms with Crippen LogP contribution in [0.3, 0.4) is 0 Å². The van der Waals surface area contributed by atoms with Gasteiger partial charge in [0.15, 0.2) is 11.2 Å². The van der Waals surface area contributed by atoms with Gasteiger partial charge >= 0.3 is 0 Å². The molecule has 0 amide bonds. The molecule has 0 saturated carbocycles. The predicted molar refractivity (Wildman–Crippen MR) is 288 cm³/mol. The Morgan fingerprint density at radius 3 is 1.13 bits per heavy atom. The summed E-state index contributed by atoms with van der Waals surface area (Å²) in [4.78, 5) is 15.8. The quantitative estimate of drug-likeness (QED) is 0.151. The van der Waals surface area contributed by atoms with E-state index in [1.807, 2.05) is 36.4 Å². The molecular formula is C65H44N4O2. The van der Waals surface area contributed by atoms with E-state index in [9.17, 15) is 0 Å². The molecule has 0 atom stereocenters. The van der Waals surface area contributed by atoms with Gasteiger partial charge in [-0.2, -0.15) is 0 Å². The zero-order valence-corrected chi connectivity index (χ0v) is 39.0. The fourth-order valence-corrected chi connectivity index (χ4v) is 11.5. The Hall–Kier alpha value is -9.26. The number of anilines is 6. The molecule has 0 aliphatic heterocycles. The van der Waals surface area contributed by atoms with Crippen LogP contribution in [0, 0.1) is 13.8 Å². The Morgan fingerprint density at radius 1 is 0.352 bits per heavy atom. The Morgan fingerprint density at radius 2 is 0.718 bits per heavy atom. The van der Waals surface area contributed by atoms with Crippen LogP contribution >= 0.6 is 0 Å². The van der Waals surface area contributed by atoms with Crippen molar-refractivity contribution in [2.75, 3.05) is 9.80 Å². The third-order valence-corrected chi connectivity index (χ3v) is 14.4. The molecule has 0 radical (unpaired) electrons. The van der Waals surface area contributed by atoms with Gasteiger partial charge in [-0.3, -0.25) is 0 Å². The van der Waals surface area contributed by atoms with Crippen molar-refractivity contribution >= 4 is 56.3 Å². The summed E-state index contributed by atoms with van der Waals surface area (Å²) in [6, 6.07) is 81.7. The SMILES string of the molecule is Cc1cccc(N(c2ccccc2)c2cc3c(c4oc(-c5ccccc5)nc24)-c2c(cc(N(c4ccccc4)c4cccc(C)c4)c4nc(-c5ccccc5)oc24)C32c3ccccc3-c3ccccc32)c1. The topological polar surface area (TPSA) is 58.5 Å². The van der Waals surface area contributed by atoms with Gasteiger partial charge in [-0.05, 0) is 143 Å². The van der Waals surface area contributed by atoms with E-state index in [-0.39, 0.29) is 0 Å². The normalized spacial score (nSPS) is 12.8. The number of para-hydroxylation sites is 2. The lowest BCUT2D eigenvalue weighted by Gasteiger charge is -2.33. The minimum absolute atomic E-state index is 0.535. The van der Waals surface area contributed by atoms with Crippen molar-refractivity contribution in [3.8, 4) is 45.2 Å². The summed E-state index contributed by atoms with van der Waals surface area (Å²) in [6.45, 7) is 4.29. The van der Waals surface area contributed by atoms with Crippen molar-refractivity contribution in [2.24, 2.45) is 0 Å². The first-order chi connectivity index (χ1) is 35.0. The van der Waals surface area contributed by atoms with E-state index in [0.717, 1.165) is 89.7 Å². The Labute approximate surface area is 411 Å². The average molecular weight is 913 g/mol. The monoisotopic (exact) mass is 912 g/mol. The highest BCUT2D eigenvalue weighted by atomic mass is 16.4. The van der Waals surface area contributed by atoms with Gasteiger partial charge in [0.05, 0.1) is 16.8 Å². The highest BCUT2D eigenvalue weighted by molar-refractivity contribution is 6.16. The van der Waals surface area contributed by atoms with Gasteiger partial charge in [0.1, 0.15) is 11.0 Å². The van der Waals surface area contributed by atoms with Crippen LogP contribution in [0.4, 0.5) is 34.1 Å². The fourth-order valence-electron chi connectivity index (χ4n) is 11.5. The molecule has 1 spiro atoms. The summed E-state index contributed by atoms with van der Waals surface area (Å²) < 4.78 is 14.8. The average Bonchev–Trinajstić information content (AvgIpc) is 4.22. The Balaban J connectivity index is 1.20. The Bertz CT molecular complexity index is 3770. The van der Waals surface area contributed by atoms with Gasteiger partial charge in [-0.25, -0.2) is 9.97 Å². The summed E-state index contributed by atoms with van der Waals surface area (Å²) >= 11 is 0. The molecule has 0 bridgehead atoms. The van der Waals surface area contributed by atoms with E-state index in [0.29, 0.717) is 22.9 Å². The molecule has 0 saturated heterocycles. The van der Waals surface area contributed by atoms with Crippen molar-refractivity contribution in [3.63, 3.8) is 0 Å². The molecular weight excluding hydrogens is 869 g/mol. The zero-order valence-electron chi connectivity index (χ0n) is 39.0. The van der Waals surface area contributed by atoms with Crippen LogP contribution in [0.25, 0.3) is 67.4 Å². The molecule has 0 N–H and O–H groups in total. The van der Waals surface area contributed by atoms with E-state index < -0.39 is 5.41 Å². The van der Waals surface area contributed by atoms with Crippen molar-refractivity contribution in [2.45, 2.75) is 19.3 Å².